The van der Waals surface area contributed by atoms with Crippen molar-refractivity contribution < 1.29 is 9.59 Å². The molecule has 6 nitrogen and oxygen atoms in total. The van der Waals surface area contributed by atoms with E-state index < -0.39 is 5.56 Å². The Bertz CT molecular complexity index is 941. The third kappa shape index (κ3) is 3.29. The van der Waals surface area contributed by atoms with E-state index in [0.717, 1.165) is 12.8 Å². The average molecular weight is 349 g/mol. The van der Waals surface area contributed by atoms with Crippen LogP contribution in [-0.2, 0) is 0 Å². The van der Waals surface area contributed by atoms with E-state index in [9.17, 15) is 14.4 Å². The number of ketones is 1. The number of Topliss-reactive ketones (excluding diaryl/α,β-unsaturated/α-hetero) is 1. The molecule has 1 amide bonds. The molecule has 1 unspecified atom stereocenters. The number of rotatable bonds is 3. The monoisotopic (exact) mass is 349 g/mol. The van der Waals surface area contributed by atoms with Crippen LogP contribution in [0.25, 0.3) is 0 Å². The first-order valence-corrected chi connectivity index (χ1v) is 8.54. The fraction of sp³-hybridized carbons (Fsp3) is 0.300. The maximum absolute atomic E-state index is 12.9. The van der Waals surface area contributed by atoms with E-state index in [-0.39, 0.29) is 23.2 Å². The van der Waals surface area contributed by atoms with Gasteiger partial charge >= 0.3 is 0 Å². The Balaban J connectivity index is 1.82. The molecule has 3 rings (SSSR count). The largest absolute Gasteiger partial charge is 0.338 e. The molecule has 1 aliphatic rings. The number of aromatic amines is 1. The Kier molecular flexibility index (Phi) is 4.99. The maximum Gasteiger partial charge on any atom is 0.266 e. The van der Waals surface area contributed by atoms with Crippen molar-refractivity contribution in [1.29, 1.82) is 5.26 Å². The van der Waals surface area contributed by atoms with E-state index in [2.05, 4.69) is 4.98 Å². The van der Waals surface area contributed by atoms with Crippen LogP contribution in [0.4, 0.5) is 0 Å². The van der Waals surface area contributed by atoms with Crippen LogP contribution in [0.15, 0.2) is 41.3 Å². The molecule has 132 valence electrons. The van der Waals surface area contributed by atoms with Gasteiger partial charge < -0.3 is 9.88 Å². The highest BCUT2D eigenvalue weighted by molar-refractivity contribution is 5.99. The van der Waals surface area contributed by atoms with Crippen molar-refractivity contribution in [1.82, 2.24) is 9.88 Å². The summed E-state index contributed by atoms with van der Waals surface area (Å²) in [4.78, 5) is 41.3. The van der Waals surface area contributed by atoms with Gasteiger partial charge in [0.1, 0.15) is 11.6 Å². The summed E-state index contributed by atoms with van der Waals surface area (Å²) in [6, 6.07) is 10.9. The van der Waals surface area contributed by atoms with Gasteiger partial charge in [0.05, 0.1) is 5.56 Å². The van der Waals surface area contributed by atoms with Gasteiger partial charge in [-0.05, 0) is 25.3 Å². The molecule has 1 fully saturated rings. The molecule has 1 aromatic heterocycles. The second-order valence-corrected chi connectivity index (χ2v) is 6.46. The van der Waals surface area contributed by atoms with Crippen molar-refractivity contribution in [2.24, 2.45) is 5.92 Å². The lowest BCUT2D eigenvalue weighted by Gasteiger charge is -2.32. The maximum atomic E-state index is 12.9. The normalized spacial score (nSPS) is 16.8. The Morgan fingerprint density at radius 2 is 2.00 bits per heavy atom. The van der Waals surface area contributed by atoms with E-state index in [4.69, 9.17) is 5.26 Å². The molecule has 0 spiro atoms. The first-order valence-electron chi connectivity index (χ1n) is 8.54. The lowest BCUT2D eigenvalue weighted by Crippen LogP contribution is -2.42. The fourth-order valence-electron chi connectivity index (χ4n) is 3.36. The Morgan fingerprint density at radius 1 is 1.27 bits per heavy atom. The lowest BCUT2D eigenvalue weighted by molar-refractivity contribution is 0.0636. The highest BCUT2D eigenvalue weighted by Crippen LogP contribution is 2.23. The Morgan fingerprint density at radius 3 is 2.69 bits per heavy atom. The Labute approximate surface area is 151 Å². The molecule has 0 bridgehead atoms. The summed E-state index contributed by atoms with van der Waals surface area (Å²) in [5.41, 5.74) is 0.771. The molecule has 1 atom stereocenters. The number of aromatic nitrogens is 1. The third-order valence-corrected chi connectivity index (χ3v) is 4.83. The van der Waals surface area contributed by atoms with Gasteiger partial charge in [-0.25, -0.2) is 0 Å². The number of nitrogens with one attached hydrogen (secondary N) is 1. The molecule has 1 saturated heterocycles. The van der Waals surface area contributed by atoms with Gasteiger partial charge in [0.15, 0.2) is 5.78 Å². The van der Waals surface area contributed by atoms with Crippen LogP contribution in [0.5, 0.6) is 0 Å². The minimum Gasteiger partial charge on any atom is -0.338 e. The minimum atomic E-state index is -0.502. The second-order valence-electron chi connectivity index (χ2n) is 6.46. The molecular formula is C20H19N3O3. The summed E-state index contributed by atoms with van der Waals surface area (Å²) < 4.78 is 0. The van der Waals surface area contributed by atoms with Gasteiger partial charge in [0.25, 0.3) is 11.5 Å². The van der Waals surface area contributed by atoms with Gasteiger partial charge in [0.2, 0.25) is 0 Å². The van der Waals surface area contributed by atoms with Crippen molar-refractivity contribution >= 4 is 11.7 Å². The van der Waals surface area contributed by atoms with Crippen LogP contribution in [0.1, 0.15) is 44.7 Å². The first kappa shape index (κ1) is 17.6. The van der Waals surface area contributed by atoms with E-state index in [1.165, 1.54) is 6.20 Å². The predicted octanol–water partition coefficient (Wildman–Crippen LogP) is 2.29. The number of amides is 1. The summed E-state index contributed by atoms with van der Waals surface area (Å²) in [5.74, 6) is -0.464. The molecule has 2 aromatic rings. The molecule has 0 radical (unpaired) electrons. The van der Waals surface area contributed by atoms with Gasteiger partial charge in [-0.1, -0.05) is 30.3 Å². The number of carbonyl (C=O) groups excluding carboxylic acids is 2. The zero-order chi connectivity index (χ0) is 18.7. The minimum absolute atomic E-state index is 0.0407. The highest BCUT2D eigenvalue weighted by atomic mass is 16.2. The highest BCUT2D eigenvalue weighted by Gasteiger charge is 2.30. The van der Waals surface area contributed by atoms with Crippen molar-refractivity contribution in [3.63, 3.8) is 0 Å². The summed E-state index contributed by atoms with van der Waals surface area (Å²) in [6.07, 6.45) is 2.83. The number of H-pyrrole nitrogens is 1. The number of likely N-dealkylation sites (tertiary alicyclic amines) is 1. The fourth-order valence-corrected chi connectivity index (χ4v) is 3.36. The van der Waals surface area contributed by atoms with E-state index in [1.54, 1.807) is 24.0 Å². The zero-order valence-electron chi connectivity index (χ0n) is 14.5. The second kappa shape index (κ2) is 7.36. The molecule has 0 aliphatic carbocycles. The smallest absolute Gasteiger partial charge is 0.266 e. The van der Waals surface area contributed by atoms with Crippen LogP contribution in [0.3, 0.4) is 0 Å². The number of hydrogen-bond donors (Lipinski definition) is 1. The summed E-state index contributed by atoms with van der Waals surface area (Å²) in [6.45, 7) is 2.49. The molecule has 0 saturated carbocycles. The molecule has 26 heavy (non-hydrogen) atoms. The van der Waals surface area contributed by atoms with Crippen LogP contribution < -0.4 is 5.56 Å². The summed E-state index contributed by atoms with van der Waals surface area (Å²) in [5, 5.41) is 9.12. The van der Waals surface area contributed by atoms with Crippen LogP contribution in [-0.4, -0.2) is 34.7 Å². The van der Waals surface area contributed by atoms with Crippen LogP contribution in [0.2, 0.25) is 0 Å². The van der Waals surface area contributed by atoms with Gasteiger partial charge in [-0.2, -0.15) is 5.26 Å². The number of benzene rings is 1. The molecular weight excluding hydrogens is 330 g/mol. The molecule has 2 heterocycles. The topological polar surface area (TPSA) is 94.0 Å². The van der Waals surface area contributed by atoms with Crippen molar-refractivity contribution in [3.05, 3.63) is 69.1 Å². The van der Waals surface area contributed by atoms with E-state index in [0.29, 0.717) is 29.8 Å². The van der Waals surface area contributed by atoms with E-state index >= 15 is 0 Å². The number of hydrogen-bond acceptors (Lipinski definition) is 4. The molecule has 1 aromatic carbocycles. The molecule has 6 heteroatoms. The van der Waals surface area contributed by atoms with Gasteiger partial charge in [-0.3, -0.25) is 14.4 Å². The van der Waals surface area contributed by atoms with Crippen LogP contribution in [0, 0.1) is 24.2 Å². The molecule has 1 aliphatic heterocycles. The standard InChI is InChI=1S/C20H19N3O3/c1-13-16(10-21)19(25)22-11-17(13)20(26)23-9-5-8-15(12-23)18(24)14-6-3-2-4-7-14/h2-4,6-7,11,15H,5,8-9,12H2,1H3,(H,22,25). The average Bonchev–Trinajstić information content (AvgIpc) is 2.68. The number of carbonyl (C=O) groups is 2. The van der Waals surface area contributed by atoms with E-state index in [1.807, 2.05) is 24.3 Å². The van der Waals surface area contributed by atoms with Gasteiger partial charge in [-0.15, -0.1) is 0 Å². The zero-order valence-corrected chi connectivity index (χ0v) is 14.5. The van der Waals surface area contributed by atoms with Crippen molar-refractivity contribution in [2.75, 3.05) is 13.1 Å². The first-order chi connectivity index (χ1) is 12.5. The third-order valence-electron chi connectivity index (χ3n) is 4.83. The van der Waals surface area contributed by atoms with Crippen molar-refractivity contribution in [2.45, 2.75) is 19.8 Å². The number of piperidine rings is 1. The summed E-state index contributed by atoms with van der Waals surface area (Å²) >= 11 is 0. The van der Waals surface area contributed by atoms with Crippen molar-refractivity contribution in [3.8, 4) is 6.07 Å². The lowest BCUT2D eigenvalue weighted by atomic mass is 9.89. The van der Waals surface area contributed by atoms with Crippen LogP contribution >= 0.6 is 0 Å². The summed E-state index contributed by atoms with van der Waals surface area (Å²) in [7, 11) is 0. The van der Waals surface area contributed by atoms with Gasteiger partial charge in [0, 0.05) is 30.8 Å². The number of pyridine rings is 1. The predicted molar refractivity (Wildman–Crippen MR) is 95.9 cm³/mol. The number of nitrogens with zero attached hydrogens (tertiary/aromatic N) is 2. The number of nitriles is 1. The Hall–Kier alpha value is -3.20. The quantitative estimate of drug-likeness (QED) is 0.860. The SMILES string of the molecule is Cc1c(C(=O)N2CCCC(C(=O)c3ccccc3)C2)c[nH]c(=O)c1C#N. The molecule has 1 N–H and O–H groups in total.